The summed E-state index contributed by atoms with van der Waals surface area (Å²) in [6.45, 7) is 2.17. The lowest BCUT2D eigenvalue weighted by atomic mass is 10.1. The fourth-order valence-electron chi connectivity index (χ4n) is 2.95. The number of hydrogen-bond acceptors (Lipinski definition) is 4. The number of ether oxygens (including phenoxy) is 2. The summed E-state index contributed by atoms with van der Waals surface area (Å²) >= 11 is 0. The highest BCUT2D eigenvalue weighted by molar-refractivity contribution is 7.92. The second kappa shape index (κ2) is 8.35. The van der Waals surface area contributed by atoms with E-state index >= 15 is 0 Å². The largest absolute Gasteiger partial charge is 0.497 e. The zero-order valence-corrected chi connectivity index (χ0v) is 16.9. The number of hydrogen-bond donors (Lipinski definition) is 0. The Kier molecular flexibility index (Phi) is 5.90. The molecule has 3 rings (SSSR count). The summed E-state index contributed by atoms with van der Waals surface area (Å²) in [5, 5.41) is 0. The Hall–Kier alpha value is -2.99. The number of nitrogens with zero attached hydrogens (tertiary/aromatic N) is 1. The number of methoxy groups -OCH3 is 2. The minimum atomic E-state index is -3.79. The molecule has 0 N–H and O–H groups in total. The van der Waals surface area contributed by atoms with Gasteiger partial charge in [-0.05, 0) is 24.6 Å². The summed E-state index contributed by atoms with van der Waals surface area (Å²) in [5.74, 6) is 1.04. The van der Waals surface area contributed by atoms with Gasteiger partial charge in [0.1, 0.15) is 11.5 Å². The van der Waals surface area contributed by atoms with Gasteiger partial charge in [0.05, 0.1) is 31.3 Å². The van der Waals surface area contributed by atoms with E-state index < -0.39 is 10.0 Å². The van der Waals surface area contributed by atoms with E-state index in [0.717, 1.165) is 11.1 Å². The van der Waals surface area contributed by atoms with E-state index in [1.54, 1.807) is 48.5 Å². The zero-order chi connectivity index (χ0) is 20.1. The average Bonchev–Trinajstić information content (AvgIpc) is 2.72. The molecule has 0 saturated heterocycles. The van der Waals surface area contributed by atoms with Gasteiger partial charge >= 0.3 is 0 Å². The Morgan fingerprint density at radius 1 is 0.821 bits per heavy atom. The third kappa shape index (κ3) is 4.28. The molecule has 0 unspecified atom stereocenters. The van der Waals surface area contributed by atoms with Crippen molar-refractivity contribution < 1.29 is 17.9 Å². The normalized spacial score (nSPS) is 11.1. The molecule has 146 valence electrons. The summed E-state index contributed by atoms with van der Waals surface area (Å²) < 4.78 is 39.0. The highest BCUT2D eigenvalue weighted by atomic mass is 32.2. The fourth-order valence-corrected chi connectivity index (χ4v) is 4.41. The molecule has 3 aromatic carbocycles. The Morgan fingerprint density at radius 3 is 2.04 bits per heavy atom. The van der Waals surface area contributed by atoms with E-state index in [1.807, 2.05) is 31.2 Å². The van der Waals surface area contributed by atoms with Crippen molar-refractivity contribution in [3.05, 3.63) is 83.9 Å². The van der Waals surface area contributed by atoms with E-state index in [2.05, 4.69) is 0 Å². The monoisotopic (exact) mass is 397 g/mol. The van der Waals surface area contributed by atoms with Crippen LogP contribution in [-0.2, 0) is 16.6 Å². The zero-order valence-electron chi connectivity index (χ0n) is 16.1. The number of rotatable bonds is 7. The molecule has 0 spiro atoms. The lowest BCUT2D eigenvalue weighted by molar-refractivity contribution is 0.394. The van der Waals surface area contributed by atoms with Gasteiger partial charge in [-0.15, -0.1) is 0 Å². The number of aryl methyl sites for hydroxylation is 1. The minimum absolute atomic E-state index is 0.190. The van der Waals surface area contributed by atoms with Gasteiger partial charge in [0, 0.05) is 18.2 Å². The highest BCUT2D eigenvalue weighted by Crippen LogP contribution is 2.33. The van der Waals surface area contributed by atoms with Crippen LogP contribution in [0.25, 0.3) is 0 Å². The van der Waals surface area contributed by atoms with Crippen LogP contribution in [0.5, 0.6) is 11.5 Å². The van der Waals surface area contributed by atoms with Gasteiger partial charge in [-0.25, -0.2) is 8.42 Å². The second-order valence-corrected chi connectivity index (χ2v) is 8.25. The van der Waals surface area contributed by atoms with Crippen LogP contribution in [-0.4, -0.2) is 22.6 Å². The molecule has 0 saturated carbocycles. The lowest BCUT2D eigenvalue weighted by Crippen LogP contribution is -2.30. The van der Waals surface area contributed by atoms with E-state index in [-0.39, 0.29) is 11.4 Å². The van der Waals surface area contributed by atoms with E-state index in [4.69, 9.17) is 9.47 Å². The molecular formula is C22H23NO4S. The van der Waals surface area contributed by atoms with Gasteiger partial charge in [0.2, 0.25) is 0 Å². The van der Waals surface area contributed by atoms with E-state index in [1.165, 1.54) is 18.5 Å². The van der Waals surface area contributed by atoms with E-state index in [9.17, 15) is 8.42 Å². The van der Waals surface area contributed by atoms with Crippen LogP contribution in [0.2, 0.25) is 0 Å². The molecule has 0 amide bonds. The molecule has 6 heteroatoms. The molecule has 0 aliphatic carbocycles. The molecule has 0 bridgehead atoms. The van der Waals surface area contributed by atoms with Gasteiger partial charge in [-0.1, -0.05) is 48.0 Å². The summed E-state index contributed by atoms with van der Waals surface area (Å²) in [6.07, 6.45) is 0. The molecule has 0 atom stereocenters. The van der Waals surface area contributed by atoms with Crippen LogP contribution < -0.4 is 13.8 Å². The quantitative estimate of drug-likeness (QED) is 0.593. The lowest BCUT2D eigenvalue weighted by Gasteiger charge is -2.25. The predicted octanol–water partition coefficient (Wildman–Crippen LogP) is 4.41. The standard InChI is InChI=1S/C22H23NO4S/c1-17-8-7-9-18(12-17)16-23(28(24,25)22-10-5-4-6-11-22)19-13-20(26-2)15-21(14-19)27-3/h4-15H,16H2,1-3H3. The van der Waals surface area contributed by atoms with Crippen LogP contribution in [0.4, 0.5) is 5.69 Å². The fraction of sp³-hybridized carbons (Fsp3) is 0.182. The second-order valence-electron chi connectivity index (χ2n) is 6.38. The molecule has 0 aromatic heterocycles. The van der Waals surface area contributed by atoms with Gasteiger partial charge < -0.3 is 9.47 Å². The van der Waals surface area contributed by atoms with Gasteiger partial charge in [0.15, 0.2) is 0 Å². The van der Waals surface area contributed by atoms with Crippen LogP contribution in [0.15, 0.2) is 77.7 Å². The molecule has 0 aliphatic heterocycles. The topological polar surface area (TPSA) is 55.8 Å². The summed E-state index contributed by atoms with van der Waals surface area (Å²) in [6, 6.07) is 21.3. The number of anilines is 1. The summed E-state index contributed by atoms with van der Waals surface area (Å²) in [4.78, 5) is 0.226. The minimum Gasteiger partial charge on any atom is -0.497 e. The number of benzene rings is 3. The average molecular weight is 397 g/mol. The number of sulfonamides is 1. The first-order valence-corrected chi connectivity index (χ1v) is 10.2. The van der Waals surface area contributed by atoms with Crippen molar-refractivity contribution in [3.63, 3.8) is 0 Å². The smallest absolute Gasteiger partial charge is 0.264 e. The molecule has 5 nitrogen and oxygen atoms in total. The maximum absolute atomic E-state index is 13.5. The van der Waals surface area contributed by atoms with Crippen molar-refractivity contribution in [2.45, 2.75) is 18.4 Å². The van der Waals surface area contributed by atoms with Crippen molar-refractivity contribution in [2.75, 3.05) is 18.5 Å². The van der Waals surface area contributed by atoms with Gasteiger partial charge in [-0.3, -0.25) is 4.31 Å². The van der Waals surface area contributed by atoms with Crippen molar-refractivity contribution in [1.82, 2.24) is 0 Å². The Labute approximate surface area is 166 Å². The Balaban J connectivity index is 2.14. The Morgan fingerprint density at radius 2 is 1.46 bits per heavy atom. The molecule has 0 aliphatic rings. The third-order valence-electron chi connectivity index (χ3n) is 4.36. The third-order valence-corrected chi connectivity index (χ3v) is 6.15. The first kappa shape index (κ1) is 19.8. The summed E-state index contributed by atoms with van der Waals surface area (Å²) in [5.41, 5.74) is 2.43. The Bertz CT molecular complexity index is 1030. The van der Waals surface area contributed by atoms with Crippen LogP contribution in [0.3, 0.4) is 0 Å². The molecule has 0 fully saturated rings. The molecule has 0 heterocycles. The molecule has 3 aromatic rings. The maximum atomic E-state index is 13.5. The predicted molar refractivity (Wildman–Crippen MR) is 111 cm³/mol. The first-order valence-electron chi connectivity index (χ1n) is 8.80. The van der Waals surface area contributed by atoms with Gasteiger partial charge in [-0.2, -0.15) is 0 Å². The van der Waals surface area contributed by atoms with E-state index in [0.29, 0.717) is 17.2 Å². The van der Waals surface area contributed by atoms with Gasteiger partial charge in [0.25, 0.3) is 10.0 Å². The molecule has 28 heavy (non-hydrogen) atoms. The van der Waals surface area contributed by atoms with Crippen LogP contribution >= 0.6 is 0 Å². The summed E-state index contributed by atoms with van der Waals surface area (Å²) in [7, 11) is -0.719. The highest BCUT2D eigenvalue weighted by Gasteiger charge is 2.26. The molecular weight excluding hydrogens is 374 g/mol. The van der Waals surface area contributed by atoms with Crippen molar-refractivity contribution in [3.8, 4) is 11.5 Å². The SMILES string of the molecule is COc1cc(OC)cc(N(Cc2cccc(C)c2)S(=O)(=O)c2ccccc2)c1. The van der Waals surface area contributed by atoms with Crippen molar-refractivity contribution in [1.29, 1.82) is 0 Å². The first-order chi connectivity index (χ1) is 13.4. The van der Waals surface area contributed by atoms with Crippen molar-refractivity contribution in [2.24, 2.45) is 0 Å². The van der Waals surface area contributed by atoms with Crippen molar-refractivity contribution >= 4 is 15.7 Å². The van der Waals surface area contributed by atoms with Crippen LogP contribution in [0.1, 0.15) is 11.1 Å². The molecule has 0 radical (unpaired) electrons. The maximum Gasteiger partial charge on any atom is 0.264 e. The van der Waals surface area contributed by atoms with Crippen LogP contribution in [0, 0.1) is 6.92 Å².